The van der Waals surface area contributed by atoms with Crippen molar-refractivity contribution in [1.82, 2.24) is 5.32 Å². The highest BCUT2D eigenvalue weighted by molar-refractivity contribution is 9.10. The predicted molar refractivity (Wildman–Crippen MR) is 73.4 cm³/mol. The van der Waals surface area contributed by atoms with Crippen LogP contribution in [0.4, 0.5) is 5.69 Å². The summed E-state index contributed by atoms with van der Waals surface area (Å²) in [5.41, 5.74) is -0.107. The first-order valence-corrected chi connectivity index (χ1v) is 6.51. The molecule has 0 aliphatic rings. The SMILES string of the molecule is CCC(C)(O)CNCc1cc(Br)ccc1[N+](=O)[O-]. The van der Waals surface area contributed by atoms with Gasteiger partial charge in [-0.25, -0.2) is 0 Å². The quantitative estimate of drug-likeness (QED) is 0.625. The van der Waals surface area contributed by atoms with Crippen molar-refractivity contribution in [1.29, 1.82) is 0 Å². The number of rotatable bonds is 6. The number of nitrogens with zero attached hydrogens (tertiary/aromatic N) is 1. The minimum absolute atomic E-state index is 0.0850. The minimum Gasteiger partial charge on any atom is -0.389 e. The van der Waals surface area contributed by atoms with Gasteiger partial charge in [-0.1, -0.05) is 22.9 Å². The summed E-state index contributed by atoms with van der Waals surface area (Å²) in [6.07, 6.45) is 0.626. The molecule has 100 valence electrons. The zero-order chi connectivity index (χ0) is 13.8. The number of nitro benzene ring substituents is 1. The van der Waals surface area contributed by atoms with Crippen molar-refractivity contribution in [3.05, 3.63) is 38.3 Å². The average molecular weight is 317 g/mol. The first-order chi connectivity index (χ1) is 8.35. The van der Waals surface area contributed by atoms with Gasteiger partial charge in [-0.2, -0.15) is 0 Å². The van der Waals surface area contributed by atoms with Crippen LogP contribution in [0.3, 0.4) is 0 Å². The third-order valence-corrected chi connectivity index (χ3v) is 3.31. The summed E-state index contributed by atoms with van der Waals surface area (Å²) >= 11 is 3.29. The maximum Gasteiger partial charge on any atom is 0.273 e. The maximum atomic E-state index is 10.9. The second-order valence-electron chi connectivity index (χ2n) is 4.48. The monoisotopic (exact) mass is 316 g/mol. The van der Waals surface area contributed by atoms with Crippen LogP contribution in [-0.2, 0) is 6.54 Å². The Hall–Kier alpha value is -0.980. The molecule has 18 heavy (non-hydrogen) atoms. The van der Waals surface area contributed by atoms with Gasteiger partial charge in [0.25, 0.3) is 5.69 Å². The number of halogens is 1. The molecule has 1 aromatic rings. The van der Waals surface area contributed by atoms with Crippen molar-refractivity contribution in [3.63, 3.8) is 0 Å². The van der Waals surface area contributed by atoms with E-state index in [0.29, 0.717) is 25.1 Å². The van der Waals surface area contributed by atoms with Gasteiger partial charge in [0.05, 0.1) is 10.5 Å². The number of nitrogens with one attached hydrogen (secondary N) is 1. The van der Waals surface area contributed by atoms with Gasteiger partial charge in [-0.3, -0.25) is 10.1 Å². The van der Waals surface area contributed by atoms with Crippen LogP contribution in [0.5, 0.6) is 0 Å². The highest BCUT2D eigenvalue weighted by Crippen LogP contribution is 2.23. The summed E-state index contributed by atoms with van der Waals surface area (Å²) in [5.74, 6) is 0. The zero-order valence-corrected chi connectivity index (χ0v) is 12.0. The Morgan fingerprint density at radius 1 is 1.56 bits per heavy atom. The summed E-state index contributed by atoms with van der Waals surface area (Å²) in [6, 6.07) is 4.83. The van der Waals surface area contributed by atoms with E-state index in [4.69, 9.17) is 0 Å². The molecule has 0 saturated heterocycles. The molecule has 0 saturated carbocycles. The second-order valence-corrected chi connectivity index (χ2v) is 5.40. The van der Waals surface area contributed by atoms with E-state index in [1.807, 2.05) is 6.92 Å². The first kappa shape index (κ1) is 15.1. The lowest BCUT2D eigenvalue weighted by Crippen LogP contribution is -2.36. The van der Waals surface area contributed by atoms with Crippen LogP contribution < -0.4 is 5.32 Å². The molecule has 1 unspecified atom stereocenters. The molecule has 5 nitrogen and oxygen atoms in total. The van der Waals surface area contributed by atoms with Gasteiger partial charge >= 0.3 is 0 Å². The fraction of sp³-hybridized carbons (Fsp3) is 0.500. The van der Waals surface area contributed by atoms with Crippen LogP contribution >= 0.6 is 15.9 Å². The van der Waals surface area contributed by atoms with Crippen molar-refractivity contribution in [2.24, 2.45) is 0 Å². The van der Waals surface area contributed by atoms with Crippen LogP contribution in [0.2, 0.25) is 0 Å². The van der Waals surface area contributed by atoms with Crippen LogP contribution in [0.15, 0.2) is 22.7 Å². The van der Waals surface area contributed by atoms with E-state index >= 15 is 0 Å². The summed E-state index contributed by atoms with van der Waals surface area (Å²) in [4.78, 5) is 10.5. The number of nitro groups is 1. The molecule has 0 amide bonds. The van der Waals surface area contributed by atoms with Gasteiger partial charge in [0, 0.05) is 29.2 Å². The van der Waals surface area contributed by atoms with Gasteiger partial charge in [0.1, 0.15) is 0 Å². The molecule has 2 N–H and O–H groups in total. The fourth-order valence-corrected chi connectivity index (χ4v) is 1.87. The number of hydrogen-bond donors (Lipinski definition) is 2. The standard InChI is InChI=1S/C12H17BrN2O3/c1-3-12(2,16)8-14-7-9-6-10(13)4-5-11(9)15(17)18/h4-6,14,16H,3,7-8H2,1-2H3. The first-order valence-electron chi connectivity index (χ1n) is 5.71. The maximum absolute atomic E-state index is 10.9. The molecule has 1 aromatic carbocycles. The molecule has 0 spiro atoms. The second kappa shape index (κ2) is 6.26. The van der Waals surface area contributed by atoms with E-state index in [1.54, 1.807) is 19.1 Å². The van der Waals surface area contributed by atoms with E-state index in [-0.39, 0.29) is 5.69 Å². The molecule has 1 rings (SSSR count). The lowest BCUT2D eigenvalue weighted by molar-refractivity contribution is -0.385. The molecule has 0 aliphatic heterocycles. The normalized spacial score (nSPS) is 14.2. The Morgan fingerprint density at radius 2 is 2.22 bits per heavy atom. The Bertz CT molecular complexity index is 435. The summed E-state index contributed by atoms with van der Waals surface area (Å²) in [7, 11) is 0. The summed E-state index contributed by atoms with van der Waals surface area (Å²) < 4.78 is 0.798. The Balaban J connectivity index is 2.72. The molecular weight excluding hydrogens is 300 g/mol. The van der Waals surface area contributed by atoms with Gasteiger partial charge in [-0.05, 0) is 25.5 Å². The van der Waals surface area contributed by atoms with E-state index < -0.39 is 10.5 Å². The van der Waals surface area contributed by atoms with E-state index in [2.05, 4.69) is 21.2 Å². The van der Waals surface area contributed by atoms with E-state index in [9.17, 15) is 15.2 Å². The van der Waals surface area contributed by atoms with Crippen molar-refractivity contribution in [2.75, 3.05) is 6.54 Å². The lowest BCUT2D eigenvalue weighted by atomic mass is 10.0. The molecular formula is C12H17BrN2O3. The third kappa shape index (κ3) is 4.36. The van der Waals surface area contributed by atoms with Gasteiger partial charge in [0.2, 0.25) is 0 Å². The van der Waals surface area contributed by atoms with Crippen LogP contribution in [0.1, 0.15) is 25.8 Å². The average Bonchev–Trinajstić information content (AvgIpc) is 2.28. The molecule has 0 bridgehead atoms. The highest BCUT2D eigenvalue weighted by atomic mass is 79.9. The van der Waals surface area contributed by atoms with Crippen molar-refractivity contribution in [2.45, 2.75) is 32.4 Å². The zero-order valence-electron chi connectivity index (χ0n) is 10.4. The molecule has 0 radical (unpaired) electrons. The molecule has 6 heteroatoms. The molecule has 0 heterocycles. The van der Waals surface area contributed by atoms with Crippen molar-refractivity contribution in [3.8, 4) is 0 Å². The molecule has 0 aliphatic carbocycles. The Morgan fingerprint density at radius 3 is 2.78 bits per heavy atom. The number of benzene rings is 1. The van der Waals surface area contributed by atoms with Crippen LogP contribution in [0, 0.1) is 10.1 Å². The van der Waals surface area contributed by atoms with Gasteiger partial charge in [0.15, 0.2) is 0 Å². The Kier molecular flexibility index (Phi) is 5.25. The van der Waals surface area contributed by atoms with Crippen molar-refractivity contribution >= 4 is 21.6 Å². The van der Waals surface area contributed by atoms with Crippen LogP contribution in [0.25, 0.3) is 0 Å². The van der Waals surface area contributed by atoms with E-state index in [0.717, 1.165) is 4.47 Å². The number of hydrogen-bond acceptors (Lipinski definition) is 4. The van der Waals surface area contributed by atoms with Gasteiger partial charge < -0.3 is 10.4 Å². The molecule has 0 fully saturated rings. The highest BCUT2D eigenvalue weighted by Gasteiger charge is 2.18. The summed E-state index contributed by atoms with van der Waals surface area (Å²) in [6.45, 7) is 4.37. The predicted octanol–water partition coefficient (Wildman–Crippen LogP) is 2.61. The fourth-order valence-electron chi connectivity index (χ4n) is 1.47. The minimum atomic E-state index is -0.791. The number of aliphatic hydroxyl groups is 1. The summed E-state index contributed by atoms with van der Waals surface area (Å²) in [5, 5.41) is 23.7. The van der Waals surface area contributed by atoms with E-state index in [1.165, 1.54) is 6.07 Å². The topological polar surface area (TPSA) is 75.4 Å². The smallest absolute Gasteiger partial charge is 0.273 e. The molecule has 0 aromatic heterocycles. The van der Waals surface area contributed by atoms with Crippen LogP contribution in [-0.4, -0.2) is 22.2 Å². The Labute approximate surface area is 114 Å². The third-order valence-electron chi connectivity index (χ3n) is 2.82. The van der Waals surface area contributed by atoms with Gasteiger partial charge in [-0.15, -0.1) is 0 Å². The van der Waals surface area contributed by atoms with Crippen molar-refractivity contribution < 1.29 is 10.0 Å². The molecule has 1 atom stereocenters. The lowest BCUT2D eigenvalue weighted by Gasteiger charge is -2.21. The largest absolute Gasteiger partial charge is 0.389 e.